The fourth-order valence-electron chi connectivity index (χ4n) is 2.17. The summed E-state index contributed by atoms with van der Waals surface area (Å²) in [4.78, 5) is 26.1. The van der Waals surface area contributed by atoms with Crippen LogP contribution in [0, 0.1) is 0 Å². The SMILES string of the molecule is CN(C(=O)CNC(=O)c1cccs1)C1CCNCC1.Cl. The van der Waals surface area contributed by atoms with Gasteiger partial charge in [-0.05, 0) is 37.4 Å². The lowest BCUT2D eigenvalue weighted by atomic mass is 10.1. The number of hydrogen-bond donors (Lipinski definition) is 2. The monoisotopic (exact) mass is 317 g/mol. The van der Waals surface area contributed by atoms with Crippen LogP contribution in [0.1, 0.15) is 22.5 Å². The Bertz CT molecular complexity index is 433. The molecule has 2 heterocycles. The van der Waals surface area contributed by atoms with Crippen LogP contribution < -0.4 is 10.6 Å². The van der Waals surface area contributed by atoms with E-state index < -0.39 is 0 Å². The Morgan fingerprint density at radius 1 is 1.45 bits per heavy atom. The van der Waals surface area contributed by atoms with Crippen LogP contribution in [-0.2, 0) is 4.79 Å². The van der Waals surface area contributed by atoms with Crippen LogP contribution in [0.5, 0.6) is 0 Å². The van der Waals surface area contributed by atoms with Crippen molar-refractivity contribution in [2.45, 2.75) is 18.9 Å². The molecule has 1 aromatic rings. The maximum Gasteiger partial charge on any atom is 0.261 e. The van der Waals surface area contributed by atoms with Gasteiger partial charge in [0.25, 0.3) is 5.91 Å². The third-order valence-corrected chi connectivity index (χ3v) is 4.26. The lowest BCUT2D eigenvalue weighted by Crippen LogP contribution is -2.47. The molecule has 0 aromatic carbocycles. The van der Waals surface area contributed by atoms with E-state index in [-0.39, 0.29) is 36.8 Å². The second kappa shape index (κ2) is 8.24. The molecule has 1 fully saturated rings. The molecule has 7 heteroatoms. The second-order valence-electron chi connectivity index (χ2n) is 4.65. The molecule has 0 unspecified atom stereocenters. The number of thiophene rings is 1. The highest BCUT2D eigenvalue weighted by Gasteiger charge is 2.22. The Morgan fingerprint density at radius 3 is 2.75 bits per heavy atom. The first kappa shape index (κ1) is 16.9. The van der Waals surface area contributed by atoms with Crippen molar-refractivity contribution in [3.05, 3.63) is 22.4 Å². The Hall–Kier alpha value is -1.11. The van der Waals surface area contributed by atoms with Gasteiger partial charge in [-0.3, -0.25) is 9.59 Å². The summed E-state index contributed by atoms with van der Waals surface area (Å²) in [6.45, 7) is 1.96. The number of rotatable bonds is 4. The predicted molar refractivity (Wildman–Crippen MR) is 82.6 cm³/mol. The second-order valence-corrected chi connectivity index (χ2v) is 5.59. The van der Waals surface area contributed by atoms with Crippen molar-refractivity contribution in [1.29, 1.82) is 0 Å². The number of hydrogen-bond acceptors (Lipinski definition) is 4. The zero-order chi connectivity index (χ0) is 13.7. The van der Waals surface area contributed by atoms with E-state index in [9.17, 15) is 9.59 Å². The number of piperidine rings is 1. The minimum absolute atomic E-state index is 0. The molecule has 2 N–H and O–H groups in total. The van der Waals surface area contributed by atoms with Gasteiger partial charge in [0.1, 0.15) is 0 Å². The average Bonchev–Trinajstić information content (AvgIpc) is 2.98. The van der Waals surface area contributed by atoms with Crippen LogP contribution in [0.4, 0.5) is 0 Å². The van der Waals surface area contributed by atoms with Gasteiger partial charge in [0.05, 0.1) is 11.4 Å². The molecule has 1 saturated heterocycles. The third-order valence-electron chi connectivity index (χ3n) is 3.39. The van der Waals surface area contributed by atoms with E-state index in [4.69, 9.17) is 0 Å². The minimum atomic E-state index is -0.179. The van der Waals surface area contributed by atoms with E-state index in [0.29, 0.717) is 4.88 Å². The summed E-state index contributed by atoms with van der Waals surface area (Å²) in [5.41, 5.74) is 0. The van der Waals surface area contributed by atoms with Gasteiger partial charge in [-0.1, -0.05) is 6.07 Å². The summed E-state index contributed by atoms with van der Waals surface area (Å²) in [5, 5.41) is 7.79. The Kier molecular flexibility index (Phi) is 6.98. The largest absolute Gasteiger partial charge is 0.342 e. The molecule has 20 heavy (non-hydrogen) atoms. The van der Waals surface area contributed by atoms with Crippen molar-refractivity contribution in [3.63, 3.8) is 0 Å². The molecular formula is C13H20ClN3O2S. The van der Waals surface area contributed by atoms with Crippen molar-refractivity contribution in [3.8, 4) is 0 Å². The van der Waals surface area contributed by atoms with Gasteiger partial charge < -0.3 is 15.5 Å². The molecule has 2 amide bonds. The molecule has 112 valence electrons. The quantitative estimate of drug-likeness (QED) is 0.874. The summed E-state index contributed by atoms with van der Waals surface area (Å²) in [7, 11) is 1.82. The first-order chi connectivity index (χ1) is 9.18. The Labute approximate surface area is 129 Å². The van der Waals surface area contributed by atoms with Crippen LogP contribution >= 0.6 is 23.7 Å². The molecule has 5 nitrogen and oxygen atoms in total. The maximum absolute atomic E-state index is 12.0. The van der Waals surface area contributed by atoms with E-state index in [2.05, 4.69) is 10.6 Å². The topological polar surface area (TPSA) is 61.4 Å². The molecule has 0 aliphatic carbocycles. The van der Waals surface area contributed by atoms with Crippen LogP contribution in [0.3, 0.4) is 0 Å². The molecule has 1 aliphatic heterocycles. The van der Waals surface area contributed by atoms with E-state index in [1.807, 2.05) is 18.5 Å². The third kappa shape index (κ3) is 4.47. The van der Waals surface area contributed by atoms with Gasteiger partial charge >= 0.3 is 0 Å². The number of carbonyl (C=O) groups is 2. The van der Waals surface area contributed by atoms with Crippen LogP contribution in [0.25, 0.3) is 0 Å². The van der Waals surface area contributed by atoms with Gasteiger partial charge in [0.15, 0.2) is 0 Å². The van der Waals surface area contributed by atoms with E-state index >= 15 is 0 Å². The average molecular weight is 318 g/mol. The zero-order valence-electron chi connectivity index (χ0n) is 11.4. The van der Waals surface area contributed by atoms with Crippen molar-refractivity contribution < 1.29 is 9.59 Å². The fourth-order valence-corrected chi connectivity index (χ4v) is 2.81. The minimum Gasteiger partial charge on any atom is -0.342 e. The highest BCUT2D eigenvalue weighted by atomic mass is 35.5. The Balaban J connectivity index is 0.00000200. The molecule has 2 rings (SSSR count). The van der Waals surface area contributed by atoms with Crippen molar-refractivity contribution in [2.75, 3.05) is 26.7 Å². The highest BCUT2D eigenvalue weighted by Crippen LogP contribution is 2.10. The Morgan fingerprint density at radius 2 is 2.15 bits per heavy atom. The summed E-state index contributed by atoms with van der Waals surface area (Å²) in [6, 6.07) is 3.86. The lowest BCUT2D eigenvalue weighted by molar-refractivity contribution is -0.131. The zero-order valence-corrected chi connectivity index (χ0v) is 13.1. The van der Waals surface area contributed by atoms with Gasteiger partial charge in [0.2, 0.25) is 5.91 Å². The molecule has 1 aliphatic rings. The number of likely N-dealkylation sites (N-methyl/N-ethyl adjacent to an activating group) is 1. The maximum atomic E-state index is 12.0. The molecule has 0 spiro atoms. The molecule has 0 bridgehead atoms. The van der Waals surface area contributed by atoms with Gasteiger partial charge in [-0.15, -0.1) is 23.7 Å². The normalized spacial score (nSPS) is 15.2. The van der Waals surface area contributed by atoms with Gasteiger partial charge in [0, 0.05) is 13.1 Å². The van der Waals surface area contributed by atoms with Crippen LogP contribution in [0.15, 0.2) is 17.5 Å². The smallest absolute Gasteiger partial charge is 0.261 e. The first-order valence-electron chi connectivity index (χ1n) is 6.46. The van der Waals surface area contributed by atoms with Gasteiger partial charge in [-0.25, -0.2) is 0 Å². The number of amides is 2. The summed E-state index contributed by atoms with van der Waals surface area (Å²) in [5.74, 6) is -0.209. The number of carbonyl (C=O) groups excluding carboxylic acids is 2. The number of nitrogens with one attached hydrogen (secondary N) is 2. The lowest BCUT2D eigenvalue weighted by Gasteiger charge is -2.31. The summed E-state index contributed by atoms with van der Waals surface area (Å²) >= 11 is 1.37. The molecule has 1 aromatic heterocycles. The highest BCUT2D eigenvalue weighted by molar-refractivity contribution is 7.12. The molecular weight excluding hydrogens is 298 g/mol. The number of halogens is 1. The van der Waals surface area contributed by atoms with E-state index in [0.717, 1.165) is 25.9 Å². The summed E-state index contributed by atoms with van der Waals surface area (Å²) in [6.07, 6.45) is 1.95. The van der Waals surface area contributed by atoms with Crippen molar-refractivity contribution in [1.82, 2.24) is 15.5 Å². The van der Waals surface area contributed by atoms with Crippen LogP contribution in [0.2, 0.25) is 0 Å². The van der Waals surface area contributed by atoms with Gasteiger partial charge in [-0.2, -0.15) is 0 Å². The number of nitrogens with zero attached hydrogens (tertiary/aromatic N) is 1. The molecule has 0 atom stereocenters. The van der Waals surface area contributed by atoms with E-state index in [1.54, 1.807) is 11.0 Å². The predicted octanol–water partition coefficient (Wildman–Crippen LogP) is 1.11. The summed E-state index contributed by atoms with van der Waals surface area (Å²) < 4.78 is 0. The molecule has 0 radical (unpaired) electrons. The standard InChI is InChI=1S/C13H19N3O2S.ClH/c1-16(10-4-6-14-7-5-10)12(17)9-15-13(18)11-3-2-8-19-11;/h2-3,8,10,14H,4-7,9H2,1H3,(H,15,18);1H. The van der Waals surface area contributed by atoms with Crippen molar-refractivity contribution >= 4 is 35.6 Å². The fraction of sp³-hybridized carbons (Fsp3) is 0.538. The molecule has 0 saturated carbocycles. The van der Waals surface area contributed by atoms with Crippen molar-refractivity contribution in [2.24, 2.45) is 0 Å². The van der Waals surface area contributed by atoms with E-state index in [1.165, 1.54) is 11.3 Å². The van der Waals surface area contributed by atoms with Crippen LogP contribution in [-0.4, -0.2) is 49.4 Å². The first-order valence-corrected chi connectivity index (χ1v) is 7.34.